The zero-order chi connectivity index (χ0) is 24.3. The molecule has 1 heterocycles. The summed E-state index contributed by atoms with van der Waals surface area (Å²) in [6, 6.07) is 21.7. The van der Waals surface area contributed by atoms with E-state index in [0.29, 0.717) is 36.4 Å². The first-order chi connectivity index (χ1) is 16.2. The largest absolute Gasteiger partial charge is 0.493 e. The number of fused-ring (bicyclic) bond motifs is 1. The van der Waals surface area contributed by atoms with Crippen LogP contribution in [0.25, 0.3) is 22.3 Å². The SMILES string of the molecule is Cc1ccc(OCCCOc2c(-c3ccc(C(C)(C)C)cc3)oc3cc(C)ccc3c2=O)cc1. The van der Waals surface area contributed by atoms with Crippen LogP contribution in [-0.4, -0.2) is 13.2 Å². The second kappa shape index (κ2) is 9.76. The predicted octanol–water partition coefficient (Wildman–Crippen LogP) is 7.22. The third-order valence-electron chi connectivity index (χ3n) is 5.84. The van der Waals surface area contributed by atoms with Crippen molar-refractivity contribution in [3.63, 3.8) is 0 Å². The van der Waals surface area contributed by atoms with Gasteiger partial charge in [-0.05, 0) is 54.7 Å². The minimum absolute atomic E-state index is 0.0383. The zero-order valence-electron chi connectivity index (χ0n) is 20.6. The van der Waals surface area contributed by atoms with E-state index in [1.165, 1.54) is 11.1 Å². The summed E-state index contributed by atoms with van der Waals surface area (Å²) >= 11 is 0. The first-order valence-corrected chi connectivity index (χ1v) is 11.7. The molecule has 0 spiro atoms. The molecule has 34 heavy (non-hydrogen) atoms. The van der Waals surface area contributed by atoms with E-state index in [1.807, 2.05) is 62.4 Å². The molecule has 0 aliphatic heterocycles. The van der Waals surface area contributed by atoms with Crippen LogP contribution in [0.3, 0.4) is 0 Å². The highest BCUT2D eigenvalue weighted by Gasteiger charge is 2.19. The molecule has 176 valence electrons. The van der Waals surface area contributed by atoms with Crippen LogP contribution in [0.2, 0.25) is 0 Å². The van der Waals surface area contributed by atoms with Crippen LogP contribution in [0.4, 0.5) is 0 Å². The average molecular weight is 457 g/mol. The first kappa shape index (κ1) is 23.6. The van der Waals surface area contributed by atoms with E-state index in [0.717, 1.165) is 16.9 Å². The monoisotopic (exact) mass is 456 g/mol. The lowest BCUT2D eigenvalue weighted by atomic mass is 9.86. The van der Waals surface area contributed by atoms with Crippen LogP contribution in [0.1, 0.15) is 43.9 Å². The van der Waals surface area contributed by atoms with E-state index in [9.17, 15) is 4.79 Å². The summed E-state index contributed by atoms with van der Waals surface area (Å²) in [6.07, 6.45) is 0.641. The highest BCUT2D eigenvalue weighted by molar-refractivity contribution is 5.82. The van der Waals surface area contributed by atoms with Crippen LogP contribution < -0.4 is 14.9 Å². The normalized spacial score (nSPS) is 11.6. The fourth-order valence-corrected chi connectivity index (χ4v) is 3.78. The molecule has 0 bridgehead atoms. The lowest BCUT2D eigenvalue weighted by Gasteiger charge is -2.19. The lowest BCUT2D eigenvalue weighted by molar-refractivity contribution is 0.244. The highest BCUT2D eigenvalue weighted by Crippen LogP contribution is 2.33. The lowest BCUT2D eigenvalue weighted by Crippen LogP contribution is -2.13. The molecule has 4 rings (SSSR count). The second-order valence-electron chi connectivity index (χ2n) is 9.78. The van der Waals surface area contributed by atoms with Gasteiger partial charge in [-0.1, -0.05) is 68.8 Å². The molecule has 1 aromatic heterocycles. The fraction of sp³-hybridized carbons (Fsp3) is 0.300. The van der Waals surface area contributed by atoms with E-state index < -0.39 is 0 Å². The maximum Gasteiger partial charge on any atom is 0.235 e. The van der Waals surface area contributed by atoms with Crippen LogP contribution in [-0.2, 0) is 5.41 Å². The number of benzene rings is 3. The molecule has 0 unspecified atom stereocenters. The van der Waals surface area contributed by atoms with Gasteiger partial charge in [0.2, 0.25) is 11.2 Å². The molecule has 0 atom stereocenters. The van der Waals surface area contributed by atoms with Gasteiger partial charge in [-0.2, -0.15) is 0 Å². The minimum Gasteiger partial charge on any atom is -0.493 e. The Bertz CT molecular complexity index is 1320. The summed E-state index contributed by atoms with van der Waals surface area (Å²) in [6.45, 7) is 11.4. The Hall–Kier alpha value is -3.53. The van der Waals surface area contributed by atoms with Crippen molar-refractivity contribution in [1.82, 2.24) is 0 Å². The van der Waals surface area contributed by atoms with Gasteiger partial charge in [0.15, 0.2) is 5.76 Å². The summed E-state index contributed by atoms with van der Waals surface area (Å²) in [5, 5.41) is 0.520. The number of rotatable bonds is 7. The summed E-state index contributed by atoms with van der Waals surface area (Å²) in [7, 11) is 0. The van der Waals surface area contributed by atoms with Crippen molar-refractivity contribution < 1.29 is 13.9 Å². The average Bonchev–Trinajstić information content (AvgIpc) is 2.80. The topological polar surface area (TPSA) is 48.7 Å². The summed E-state index contributed by atoms with van der Waals surface area (Å²) in [4.78, 5) is 13.4. The Balaban J connectivity index is 1.59. The first-order valence-electron chi connectivity index (χ1n) is 11.7. The van der Waals surface area contributed by atoms with E-state index in [2.05, 4.69) is 32.9 Å². The number of hydrogen-bond acceptors (Lipinski definition) is 4. The van der Waals surface area contributed by atoms with Crippen molar-refractivity contribution in [2.45, 2.75) is 46.5 Å². The molecule has 3 aromatic carbocycles. The Labute approximate surface area is 201 Å². The highest BCUT2D eigenvalue weighted by atomic mass is 16.5. The summed E-state index contributed by atoms with van der Waals surface area (Å²) < 4.78 is 18.1. The molecule has 0 radical (unpaired) electrons. The van der Waals surface area contributed by atoms with Gasteiger partial charge in [0, 0.05) is 12.0 Å². The van der Waals surface area contributed by atoms with Gasteiger partial charge in [-0.3, -0.25) is 4.79 Å². The van der Waals surface area contributed by atoms with Crippen molar-refractivity contribution >= 4 is 11.0 Å². The van der Waals surface area contributed by atoms with Crippen LogP contribution >= 0.6 is 0 Å². The van der Waals surface area contributed by atoms with Gasteiger partial charge in [0.1, 0.15) is 11.3 Å². The predicted molar refractivity (Wildman–Crippen MR) is 138 cm³/mol. The maximum atomic E-state index is 13.4. The third kappa shape index (κ3) is 5.33. The van der Waals surface area contributed by atoms with Crippen LogP contribution in [0, 0.1) is 13.8 Å². The Morgan fingerprint density at radius 1 is 0.794 bits per heavy atom. The van der Waals surface area contributed by atoms with E-state index in [-0.39, 0.29) is 16.6 Å². The van der Waals surface area contributed by atoms with Crippen molar-refractivity contribution in [2.75, 3.05) is 13.2 Å². The van der Waals surface area contributed by atoms with E-state index >= 15 is 0 Å². The summed E-state index contributed by atoms with van der Waals surface area (Å²) in [5.74, 6) is 1.53. The number of aryl methyl sites for hydroxylation is 2. The zero-order valence-corrected chi connectivity index (χ0v) is 20.6. The quantitative estimate of drug-likeness (QED) is 0.275. The summed E-state index contributed by atoms with van der Waals surface area (Å²) in [5.41, 5.74) is 4.70. The minimum atomic E-state index is -0.157. The number of hydrogen-bond donors (Lipinski definition) is 0. The molecule has 0 aliphatic carbocycles. The van der Waals surface area contributed by atoms with Crippen molar-refractivity contribution in [3.8, 4) is 22.8 Å². The molecule has 0 saturated carbocycles. The maximum absolute atomic E-state index is 13.4. The molecule has 0 aliphatic rings. The Morgan fingerprint density at radius 2 is 1.44 bits per heavy atom. The smallest absolute Gasteiger partial charge is 0.235 e. The molecule has 0 fully saturated rings. The van der Waals surface area contributed by atoms with Gasteiger partial charge in [-0.15, -0.1) is 0 Å². The van der Waals surface area contributed by atoms with Crippen molar-refractivity contribution in [3.05, 3.63) is 93.6 Å². The van der Waals surface area contributed by atoms with Crippen molar-refractivity contribution in [2.24, 2.45) is 0 Å². The Morgan fingerprint density at radius 3 is 2.12 bits per heavy atom. The van der Waals surface area contributed by atoms with Crippen LogP contribution in [0.15, 0.2) is 75.9 Å². The molecule has 4 aromatic rings. The molecule has 0 amide bonds. The van der Waals surface area contributed by atoms with Gasteiger partial charge in [0.05, 0.1) is 18.6 Å². The molecule has 4 heteroatoms. The fourth-order valence-electron chi connectivity index (χ4n) is 3.78. The molecule has 4 nitrogen and oxygen atoms in total. The molecule has 0 saturated heterocycles. The third-order valence-corrected chi connectivity index (χ3v) is 5.84. The molecule has 0 N–H and O–H groups in total. The van der Waals surface area contributed by atoms with Gasteiger partial charge < -0.3 is 13.9 Å². The van der Waals surface area contributed by atoms with Crippen molar-refractivity contribution in [1.29, 1.82) is 0 Å². The van der Waals surface area contributed by atoms with E-state index in [4.69, 9.17) is 13.9 Å². The van der Waals surface area contributed by atoms with Crippen LogP contribution in [0.5, 0.6) is 11.5 Å². The molecular weight excluding hydrogens is 424 g/mol. The van der Waals surface area contributed by atoms with E-state index in [1.54, 1.807) is 6.07 Å². The second-order valence-corrected chi connectivity index (χ2v) is 9.78. The van der Waals surface area contributed by atoms with Gasteiger partial charge in [-0.25, -0.2) is 0 Å². The number of ether oxygens (including phenoxy) is 2. The Kier molecular flexibility index (Phi) is 6.78. The molecular formula is C30H32O4. The standard InChI is InChI=1S/C30H32O4/c1-20-7-14-24(15-8-20)32-17-6-18-33-29-27(31)25-16-9-21(2)19-26(25)34-28(29)22-10-12-23(13-11-22)30(3,4)5/h7-16,19H,6,17-18H2,1-5H3. The van der Waals surface area contributed by atoms with Gasteiger partial charge >= 0.3 is 0 Å². The van der Waals surface area contributed by atoms with Gasteiger partial charge in [0.25, 0.3) is 0 Å².